The molecule has 0 unspecified atom stereocenters. The molecule has 0 saturated carbocycles. The molecule has 0 aliphatic carbocycles. The molecule has 0 bridgehead atoms. The summed E-state index contributed by atoms with van der Waals surface area (Å²) < 4.78 is 12.0. The van der Waals surface area contributed by atoms with Crippen LogP contribution in [-0.2, 0) is 16.0 Å². The molecule has 0 saturated heterocycles. The number of carbonyl (C=O) groups excluding carboxylic acids is 1. The lowest BCUT2D eigenvalue weighted by Gasteiger charge is -2.21. The molecule has 3 aromatic rings. The molecule has 0 fully saturated rings. The number of hydrogen-bond acceptors (Lipinski definition) is 7. The fraction of sp³-hybridized carbons (Fsp3) is 0.500. The first-order valence-corrected chi connectivity index (χ1v) is 15.4. The number of fused-ring (bicyclic) bond motifs is 1. The molecule has 0 aliphatic heterocycles. The van der Waals surface area contributed by atoms with Gasteiger partial charge in [-0.25, -0.2) is 0 Å². The van der Waals surface area contributed by atoms with Crippen molar-refractivity contribution in [3.63, 3.8) is 0 Å². The number of aliphatic carboxylic acids is 2. The third-order valence-corrected chi connectivity index (χ3v) is 6.98. The number of ketones is 1. The van der Waals surface area contributed by atoms with Crippen LogP contribution in [0.2, 0.25) is 0 Å². The predicted molar refractivity (Wildman–Crippen MR) is 170 cm³/mol. The molecule has 0 spiro atoms. The number of benzene rings is 2. The van der Waals surface area contributed by atoms with Crippen molar-refractivity contribution in [2.75, 3.05) is 32.0 Å². The standard InChI is InChI=1S/C30H42N2O3.C4H6O4/c1-4-7-11-28-29(26-22-24(31)14-17-27(26)35-28)30(33)23-12-15-25(16-13-23)34-21-10-20-32(18-8-5-2)19-9-6-3;5-3(6)1-2-4(7)8/h12-17,22H,4-11,18-21,31H2,1-3H3;1-2H2,(H,5,6)(H,7,8). The molecule has 9 nitrogen and oxygen atoms in total. The highest BCUT2D eigenvalue weighted by Gasteiger charge is 2.22. The van der Waals surface area contributed by atoms with Crippen molar-refractivity contribution in [2.45, 2.75) is 85.0 Å². The molecule has 0 radical (unpaired) electrons. The van der Waals surface area contributed by atoms with Crippen molar-refractivity contribution in [3.05, 3.63) is 59.4 Å². The van der Waals surface area contributed by atoms with E-state index in [2.05, 4.69) is 25.7 Å². The minimum Gasteiger partial charge on any atom is -0.494 e. The van der Waals surface area contributed by atoms with Crippen molar-refractivity contribution in [3.8, 4) is 5.75 Å². The van der Waals surface area contributed by atoms with Gasteiger partial charge in [-0.1, -0.05) is 40.0 Å². The van der Waals surface area contributed by atoms with Crippen LogP contribution < -0.4 is 10.5 Å². The Bertz CT molecular complexity index is 1260. The van der Waals surface area contributed by atoms with Gasteiger partial charge in [0.1, 0.15) is 17.1 Å². The summed E-state index contributed by atoms with van der Waals surface area (Å²) in [5.74, 6) is -0.648. The number of carboxylic acid groups (broad SMARTS) is 2. The smallest absolute Gasteiger partial charge is 0.303 e. The highest BCUT2D eigenvalue weighted by atomic mass is 16.5. The Morgan fingerprint density at radius 3 is 1.95 bits per heavy atom. The Morgan fingerprint density at radius 1 is 0.814 bits per heavy atom. The summed E-state index contributed by atoms with van der Waals surface area (Å²) >= 11 is 0. The zero-order chi connectivity index (χ0) is 31.6. The molecule has 0 atom stereocenters. The van der Waals surface area contributed by atoms with E-state index in [0.29, 0.717) is 29.0 Å². The van der Waals surface area contributed by atoms with E-state index in [-0.39, 0.29) is 18.6 Å². The van der Waals surface area contributed by atoms with Gasteiger partial charge in [-0.15, -0.1) is 0 Å². The maximum absolute atomic E-state index is 13.5. The van der Waals surface area contributed by atoms with Crippen LogP contribution in [0.3, 0.4) is 0 Å². The minimum atomic E-state index is -1.08. The minimum absolute atomic E-state index is 0.0329. The number of unbranched alkanes of at least 4 members (excludes halogenated alkanes) is 3. The zero-order valence-electron chi connectivity index (χ0n) is 25.9. The predicted octanol–water partition coefficient (Wildman–Crippen LogP) is 7.20. The van der Waals surface area contributed by atoms with Gasteiger partial charge in [0.15, 0.2) is 5.78 Å². The van der Waals surface area contributed by atoms with E-state index < -0.39 is 11.9 Å². The monoisotopic (exact) mass is 596 g/mol. The lowest BCUT2D eigenvalue weighted by Crippen LogP contribution is -2.28. The number of hydrogen-bond donors (Lipinski definition) is 3. The normalized spacial score (nSPS) is 10.9. The molecule has 1 aromatic heterocycles. The van der Waals surface area contributed by atoms with Crippen LogP contribution in [0.15, 0.2) is 46.9 Å². The maximum atomic E-state index is 13.5. The van der Waals surface area contributed by atoms with E-state index in [9.17, 15) is 14.4 Å². The summed E-state index contributed by atoms with van der Waals surface area (Å²) in [7, 11) is 0. The van der Waals surface area contributed by atoms with Crippen LogP contribution >= 0.6 is 0 Å². The van der Waals surface area contributed by atoms with Gasteiger partial charge in [0.05, 0.1) is 25.0 Å². The van der Waals surface area contributed by atoms with E-state index in [1.54, 1.807) is 0 Å². The average molecular weight is 597 g/mol. The summed E-state index contributed by atoms with van der Waals surface area (Å²) in [5, 5.41) is 16.6. The molecule has 9 heteroatoms. The molecule has 2 aromatic carbocycles. The van der Waals surface area contributed by atoms with Gasteiger partial charge in [0.2, 0.25) is 0 Å². The number of ether oxygens (including phenoxy) is 1. The van der Waals surface area contributed by atoms with Crippen LogP contribution in [0.4, 0.5) is 5.69 Å². The molecule has 3 rings (SSSR count). The second-order valence-corrected chi connectivity index (χ2v) is 10.7. The van der Waals surface area contributed by atoms with E-state index >= 15 is 0 Å². The molecule has 1 heterocycles. The number of nitrogen functional groups attached to an aromatic ring is 1. The van der Waals surface area contributed by atoms with E-state index in [4.69, 9.17) is 25.1 Å². The first-order chi connectivity index (χ1) is 20.7. The Balaban J connectivity index is 0.000000708. The van der Waals surface area contributed by atoms with Gasteiger partial charge in [-0.05, 0) is 81.2 Å². The third-order valence-electron chi connectivity index (χ3n) is 6.98. The summed E-state index contributed by atoms with van der Waals surface area (Å²) in [6.45, 7) is 10.7. The number of furan rings is 1. The Labute approximate surface area is 255 Å². The maximum Gasteiger partial charge on any atom is 0.303 e. The lowest BCUT2D eigenvalue weighted by molar-refractivity contribution is -0.143. The van der Waals surface area contributed by atoms with Crippen LogP contribution in [0.1, 0.15) is 100 Å². The molecule has 0 amide bonds. The largest absolute Gasteiger partial charge is 0.494 e. The number of carbonyl (C=O) groups is 3. The quantitative estimate of drug-likeness (QED) is 0.0743. The fourth-order valence-electron chi connectivity index (χ4n) is 4.57. The average Bonchev–Trinajstić information content (AvgIpc) is 3.35. The second kappa shape index (κ2) is 19.4. The van der Waals surface area contributed by atoms with Crippen LogP contribution in [0, 0.1) is 0 Å². The first-order valence-electron chi connectivity index (χ1n) is 15.4. The van der Waals surface area contributed by atoms with Crippen molar-refractivity contribution in [1.29, 1.82) is 0 Å². The van der Waals surface area contributed by atoms with E-state index in [1.807, 2.05) is 42.5 Å². The second-order valence-electron chi connectivity index (χ2n) is 10.7. The highest BCUT2D eigenvalue weighted by Crippen LogP contribution is 2.31. The first kappa shape index (κ1) is 35.3. The molecule has 43 heavy (non-hydrogen) atoms. The molecular weight excluding hydrogens is 548 g/mol. The van der Waals surface area contributed by atoms with Crippen LogP contribution in [0.5, 0.6) is 5.75 Å². The molecule has 0 aliphatic rings. The highest BCUT2D eigenvalue weighted by molar-refractivity contribution is 6.17. The number of carboxylic acids is 2. The van der Waals surface area contributed by atoms with Crippen molar-refractivity contribution in [2.24, 2.45) is 0 Å². The van der Waals surface area contributed by atoms with Crippen molar-refractivity contribution >= 4 is 34.4 Å². The zero-order valence-corrected chi connectivity index (χ0v) is 25.9. The van der Waals surface area contributed by atoms with Gasteiger partial charge in [0, 0.05) is 29.6 Å². The van der Waals surface area contributed by atoms with Gasteiger partial charge in [0.25, 0.3) is 0 Å². The van der Waals surface area contributed by atoms with Gasteiger partial charge < -0.3 is 30.0 Å². The van der Waals surface area contributed by atoms with Crippen LogP contribution in [-0.4, -0.2) is 59.1 Å². The van der Waals surface area contributed by atoms with Gasteiger partial charge in [-0.2, -0.15) is 0 Å². The summed E-state index contributed by atoms with van der Waals surface area (Å²) in [6, 6.07) is 13.0. The molecule has 4 N–H and O–H groups in total. The number of nitrogens with zero attached hydrogens (tertiary/aromatic N) is 1. The van der Waals surface area contributed by atoms with Gasteiger partial charge in [-0.3, -0.25) is 14.4 Å². The number of aryl methyl sites for hydroxylation is 1. The Morgan fingerprint density at radius 2 is 1.40 bits per heavy atom. The Kier molecular flexibility index (Phi) is 15.9. The lowest BCUT2D eigenvalue weighted by atomic mass is 9.98. The molecular formula is C34H48N2O7. The van der Waals surface area contributed by atoms with Crippen LogP contribution in [0.25, 0.3) is 11.0 Å². The van der Waals surface area contributed by atoms with Gasteiger partial charge >= 0.3 is 11.9 Å². The van der Waals surface area contributed by atoms with E-state index in [0.717, 1.165) is 49.1 Å². The topological polar surface area (TPSA) is 143 Å². The summed E-state index contributed by atoms with van der Waals surface area (Å²) in [4.78, 5) is 35.3. The van der Waals surface area contributed by atoms with E-state index in [1.165, 1.54) is 38.8 Å². The molecule has 236 valence electrons. The summed E-state index contributed by atoms with van der Waals surface area (Å²) in [6.07, 6.45) is 8.10. The van der Waals surface area contributed by atoms with Crippen molar-refractivity contribution < 1.29 is 33.8 Å². The fourth-order valence-corrected chi connectivity index (χ4v) is 4.57. The SMILES string of the molecule is CCCCc1oc2ccc(N)cc2c1C(=O)c1ccc(OCCCN(CCCC)CCCC)cc1.O=C(O)CCC(=O)O. The Hall–Kier alpha value is -3.85. The third kappa shape index (κ3) is 12.5. The number of anilines is 1. The van der Waals surface area contributed by atoms with Crippen molar-refractivity contribution in [1.82, 2.24) is 4.90 Å². The number of rotatable bonds is 19. The number of nitrogens with two attached hydrogens (primary N) is 1. The summed E-state index contributed by atoms with van der Waals surface area (Å²) in [5.41, 5.74) is 8.61.